The van der Waals surface area contributed by atoms with Crippen LogP contribution in [-0.2, 0) is 9.53 Å². The fourth-order valence-electron chi connectivity index (χ4n) is 2.18. The van der Waals surface area contributed by atoms with E-state index in [0.717, 1.165) is 45.7 Å². The Bertz CT molecular complexity index is 223. The highest BCUT2D eigenvalue weighted by molar-refractivity contribution is 5.79. The highest BCUT2D eigenvalue weighted by Crippen LogP contribution is 2.17. The van der Waals surface area contributed by atoms with Gasteiger partial charge in [0.2, 0.25) is 5.91 Å². The van der Waals surface area contributed by atoms with Crippen LogP contribution in [0.5, 0.6) is 0 Å². The van der Waals surface area contributed by atoms with Crippen molar-refractivity contribution in [3.8, 4) is 0 Å². The predicted molar refractivity (Wildman–Crippen MR) is 57.5 cm³/mol. The first-order chi connectivity index (χ1) is 7.27. The molecule has 0 aromatic carbocycles. The minimum absolute atomic E-state index is 0.231. The minimum atomic E-state index is 0.231. The van der Waals surface area contributed by atoms with E-state index in [2.05, 4.69) is 5.32 Å². The molecule has 2 fully saturated rings. The maximum absolute atomic E-state index is 11.9. The molecule has 86 valence electrons. The average molecular weight is 212 g/mol. The molecule has 0 aromatic heterocycles. The fourth-order valence-corrected chi connectivity index (χ4v) is 2.18. The summed E-state index contributed by atoms with van der Waals surface area (Å²) in [5.41, 5.74) is 0. The second-order valence-electron chi connectivity index (χ2n) is 4.63. The van der Waals surface area contributed by atoms with Crippen molar-refractivity contribution in [3.05, 3.63) is 0 Å². The molecule has 4 nitrogen and oxygen atoms in total. The summed E-state index contributed by atoms with van der Waals surface area (Å²) in [6.45, 7) is 4.34. The van der Waals surface area contributed by atoms with Crippen molar-refractivity contribution < 1.29 is 9.53 Å². The normalized spacial score (nSPS) is 23.5. The lowest BCUT2D eigenvalue weighted by Crippen LogP contribution is -2.52. The molecule has 2 heterocycles. The van der Waals surface area contributed by atoms with Crippen LogP contribution in [-0.4, -0.2) is 50.7 Å². The molecule has 0 spiro atoms. The van der Waals surface area contributed by atoms with E-state index in [1.807, 2.05) is 11.9 Å². The molecule has 15 heavy (non-hydrogen) atoms. The number of carbonyl (C=O) groups is 1. The molecule has 0 radical (unpaired) electrons. The summed E-state index contributed by atoms with van der Waals surface area (Å²) in [5.74, 6) is 1.18. The molecule has 2 aliphatic rings. The van der Waals surface area contributed by atoms with Crippen LogP contribution in [0.3, 0.4) is 0 Å². The Kier molecular flexibility index (Phi) is 3.59. The van der Waals surface area contributed by atoms with Crippen LogP contribution in [0.2, 0.25) is 0 Å². The summed E-state index contributed by atoms with van der Waals surface area (Å²) < 4.78 is 5.31. The quantitative estimate of drug-likeness (QED) is 0.721. The van der Waals surface area contributed by atoms with Gasteiger partial charge in [0.1, 0.15) is 0 Å². The molecule has 2 aliphatic heterocycles. The van der Waals surface area contributed by atoms with Crippen molar-refractivity contribution in [1.29, 1.82) is 0 Å². The Morgan fingerprint density at radius 1 is 1.40 bits per heavy atom. The zero-order chi connectivity index (χ0) is 10.7. The van der Waals surface area contributed by atoms with Gasteiger partial charge in [0, 0.05) is 39.9 Å². The Hall–Kier alpha value is -0.610. The molecule has 0 aromatic rings. The summed E-state index contributed by atoms with van der Waals surface area (Å²) in [5, 5.41) is 3.13. The predicted octanol–water partition coefficient (Wildman–Crippen LogP) is 0.0908. The van der Waals surface area contributed by atoms with Gasteiger partial charge in [0.15, 0.2) is 0 Å². The number of hydrogen-bond donors (Lipinski definition) is 1. The molecule has 2 rings (SSSR count). The number of amides is 1. The number of ether oxygens (including phenoxy) is 1. The Morgan fingerprint density at radius 2 is 2.07 bits per heavy atom. The topological polar surface area (TPSA) is 41.6 Å². The summed E-state index contributed by atoms with van der Waals surface area (Å²) >= 11 is 0. The maximum atomic E-state index is 11.9. The number of rotatable bonds is 3. The molecular weight excluding hydrogens is 192 g/mol. The molecule has 0 atom stereocenters. The maximum Gasteiger partial charge on any atom is 0.228 e. The Labute approximate surface area is 91.0 Å². The molecule has 1 amide bonds. The SMILES string of the molecule is CN(CC1CCOCC1)C(=O)C1CNC1. The molecule has 2 saturated heterocycles. The molecule has 0 saturated carbocycles. The third kappa shape index (κ3) is 2.69. The van der Waals surface area contributed by atoms with Gasteiger partial charge in [-0.2, -0.15) is 0 Å². The van der Waals surface area contributed by atoms with E-state index in [0.29, 0.717) is 11.8 Å². The highest BCUT2D eigenvalue weighted by atomic mass is 16.5. The van der Waals surface area contributed by atoms with Crippen molar-refractivity contribution in [2.75, 3.05) is 39.9 Å². The van der Waals surface area contributed by atoms with Crippen molar-refractivity contribution >= 4 is 5.91 Å². The number of carbonyl (C=O) groups excluding carboxylic acids is 1. The summed E-state index contributed by atoms with van der Waals surface area (Å²) in [7, 11) is 1.93. The van der Waals surface area contributed by atoms with Gasteiger partial charge in [-0.05, 0) is 18.8 Å². The first-order valence-corrected chi connectivity index (χ1v) is 5.81. The lowest BCUT2D eigenvalue weighted by molar-refractivity contribution is -0.136. The van der Waals surface area contributed by atoms with Crippen molar-refractivity contribution in [2.24, 2.45) is 11.8 Å². The monoisotopic (exact) mass is 212 g/mol. The van der Waals surface area contributed by atoms with E-state index in [1.54, 1.807) is 0 Å². The van der Waals surface area contributed by atoms with Crippen LogP contribution < -0.4 is 5.32 Å². The van der Waals surface area contributed by atoms with Gasteiger partial charge in [-0.1, -0.05) is 0 Å². The van der Waals surface area contributed by atoms with Crippen molar-refractivity contribution in [1.82, 2.24) is 10.2 Å². The van der Waals surface area contributed by atoms with E-state index in [1.165, 1.54) is 0 Å². The van der Waals surface area contributed by atoms with Crippen LogP contribution in [0.4, 0.5) is 0 Å². The van der Waals surface area contributed by atoms with Gasteiger partial charge in [-0.15, -0.1) is 0 Å². The van der Waals surface area contributed by atoms with Gasteiger partial charge in [-0.25, -0.2) is 0 Å². The summed E-state index contributed by atoms with van der Waals surface area (Å²) in [6.07, 6.45) is 2.20. The Morgan fingerprint density at radius 3 is 2.60 bits per heavy atom. The number of nitrogens with zero attached hydrogens (tertiary/aromatic N) is 1. The van der Waals surface area contributed by atoms with Gasteiger partial charge in [0.25, 0.3) is 0 Å². The van der Waals surface area contributed by atoms with E-state index < -0.39 is 0 Å². The van der Waals surface area contributed by atoms with Gasteiger partial charge < -0.3 is 15.0 Å². The zero-order valence-electron chi connectivity index (χ0n) is 9.37. The second kappa shape index (κ2) is 4.94. The largest absolute Gasteiger partial charge is 0.381 e. The first kappa shape index (κ1) is 10.9. The molecule has 1 N–H and O–H groups in total. The van der Waals surface area contributed by atoms with Crippen LogP contribution in [0.15, 0.2) is 0 Å². The lowest BCUT2D eigenvalue weighted by atomic mass is 9.97. The summed E-state index contributed by atoms with van der Waals surface area (Å²) in [6, 6.07) is 0. The van der Waals surface area contributed by atoms with E-state index in [-0.39, 0.29) is 5.92 Å². The van der Waals surface area contributed by atoms with Crippen LogP contribution in [0.1, 0.15) is 12.8 Å². The van der Waals surface area contributed by atoms with E-state index in [9.17, 15) is 4.79 Å². The number of hydrogen-bond acceptors (Lipinski definition) is 3. The minimum Gasteiger partial charge on any atom is -0.381 e. The summed E-state index contributed by atoms with van der Waals surface area (Å²) in [4.78, 5) is 13.8. The molecule has 0 bridgehead atoms. The second-order valence-corrected chi connectivity index (χ2v) is 4.63. The number of nitrogens with one attached hydrogen (secondary N) is 1. The van der Waals surface area contributed by atoms with Gasteiger partial charge >= 0.3 is 0 Å². The third-order valence-corrected chi connectivity index (χ3v) is 3.38. The van der Waals surface area contributed by atoms with Crippen molar-refractivity contribution in [2.45, 2.75) is 12.8 Å². The highest BCUT2D eigenvalue weighted by Gasteiger charge is 2.28. The molecule has 0 aliphatic carbocycles. The Balaban J connectivity index is 1.74. The first-order valence-electron chi connectivity index (χ1n) is 5.81. The standard InChI is InChI=1S/C11H20N2O2/c1-13(11(14)10-6-12-7-10)8-9-2-4-15-5-3-9/h9-10,12H,2-8H2,1H3. The third-order valence-electron chi connectivity index (χ3n) is 3.38. The van der Waals surface area contributed by atoms with Crippen molar-refractivity contribution in [3.63, 3.8) is 0 Å². The molecular formula is C11H20N2O2. The molecule has 0 unspecified atom stereocenters. The zero-order valence-corrected chi connectivity index (χ0v) is 9.37. The van der Waals surface area contributed by atoms with Crippen LogP contribution in [0.25, 0.3) is 0 Å². The smallest absolute Gasteiger partial charge is 0.228 e. The average Bonchev–Trinajstić information content (AvgIpc) is 2.16. The van der Waals surface area contributed by atoms with Crippen LogP contribution in [0, 0.1) is 11.8 Å². The fraction of sp³-hybridized carbons (Fsp3) is 0.909. The van der Waals surface area contributed by atoms with E-state index >= 15 is 0 Å². The van der Waals surface area contributed by atoms with Crippen LogP contribution >= 0.6 is 0 Å². The van der Waals surface area contributed by atoms with E-state index in [4.69, 9.17) is 4.74 Å². The molecule has 4 heteroatoms. The van der Waals surface area contributed by atoms with Gasteiger partial charge in [-0.3, -0.25) is 4.79 Å². The lowest BCUT2D eigenvalue weighted by Gasteiger charge is -2.33. The van der Waals surface area contributed by atoms with Gasteiger partial charge in [0.05, 0.1) is 5.92 Å².